The van der Waals surface area contributed by atoms with Crippen molar-refractivity contribution < 1.29 is 68.1 Å². The summed E-state index contributed by atoms with van der Waals surface area (Å²) in [7, 11) is 1.09. The van der Waals surface area contributed by atoms with Crippen LogP contribution in [0.25, 0.3) is 11.1 Å². The number of phenolic OH excluding ortho intramolecular Hbond substituents is 2. The van der Waals surface area contributed by atoms with Crippen LogP contribution in [0.1, 0.15) is 65.8 Å². The largest absolute Gasteiger partial charge is 0.507 e. The molecule has 14 nitrogen and oxygen atoms in total. The van der Waals surface area contributed by atoms with Gasteiger partial charge in [-0.2, -0.15) is 0 Å². The molecule has 2 aromatic carbocycles. The smallest absolute Gasteiger partial charge is 0.357 e. The zero-order valence-electron chi connectivity index (χ0n) is 25.8. The van der Waals surface area contributed by atoms with E-state index in [1.165, 1.54) is 25.1 Å². The molecule has 3 aliphatic heterocycles. The molecule has 3 fully saturated rings. The number of aliphatic hydroxyl groups excluding tert-OH is 1. The molecule has 0 aromatic heterocycles. The Morgan fingerprint density at radius 1 is 1.04 bits per heavy atom. The molecule has 14 heteroatoms. The third-order valence-electron chi connectivity index (χ3n) is 10.4. The summed E-state index contributed by atoms with van der Waals surface area (Å²) in [5, 5.41) is 45.7. The molecule has 2 bridgehead atoms. The van der Waals surface area contributed by atoms with E-state index in [4.69, 9.17) is 23.7 Å². The quantitative estimate of drug-likeness (QED) is 0.274. The van der Waals surface area contributed by atoms with Gasteiger partial charge in [0.05, 0.1) is 13.0 Å². The monoisotopic (exact) mass is 652 g/mol. The van der Waals surface area contributed by atoms with Gasteiger partial charge in [-0.05, 0) is 62.3 Å². The van der Waals surface area contributed by atoms with Gasteiger partial charge in [-0.15, -0.1) is 0 Å². The number of hydrogen-bond acceptors (Lipinski definition) is 14. The standard InChI is InChI=1S/C33H32O14/c1-12-10-17(35)22-25(37)16-6-5-7-19(44-14(3)34)31(16,29(40)43-4)47-26(22)21(12)15-8-9-18-23(24(15)36)28(39)32(42)20-11-13(2)27(38)33(32,46-18)30(41)45-20/h8-10,13,16,19-20,27,35-36,38,42H,5-7,11H2,1-4H3/t13-,16+,19+,20+,27-,31-,32-,33-/m1/s1. The van der Waals surface area contributed by atoms with Crippen molar-refractivity contribution in [3.05, 3.63) is 34.9 Å². The summed E-state index contributed by atoms with van der Waals surface area (Å²) in [6.07, 6.45) is -3.60. The van der Waals surface area contributed by atoms with Crippen LogP contribution < -0.4 is 9.47 Å². The number of ketones is 2. The van der Waals surface area contributed by atoms with E-state index in [0.717, 1.165) is 14.0 Å². The molecule has 2 saturated carbocycles. The van der Waals surface area contributed by atoms with Crippen molar-refractivity contribution >= 4 is 29.5 Å². The second-order valence-corrected chi connectivity index (χ2v) is 12.9. The fraction of sp³-hybridized carbons (Fsp3) is 0.485. The Kier molecular flexibility index (Phi) is 6.52. The third kappa shape index (κ3) is 3.59. The number of esters is 3. The lowest BCUT2D eigenvalue weighted by atomic mass is 9.62. The van der Waals surface area contributed by atoms with Gasteiger partial charge >= 0.3 is 17.9 Å². The first-order valence-electron chi connectivity index (χ1n) is 15.2. The number of aliphatic hydroxyl groups is 2. The Morgan fingerprint density at radius 3 is 2.45 bits per heavy atom. The van der Waals surface area contributed by atoms with E-state index in [-0.39, 0.29) is 53.0 Å². The zero-order valence-corrected chi connectivity index (χ0v) is 25.8. The summed E-state index contributed by atoms with van der Waals surface area (Å²) >= 11 is 0. The minimum atomic E-state index is -2.68. The molecule has 8 atom stereocenters. The molecule has 47 heavy (non-hydrogen) atoms. The lowest BCUT2D eigenvalue weighted by Gasteiger charge is -2.49. The second-order valence-electron chi connectivity index (χ2n) is 12.9. The number of phenols is 2. The maximum absolute atomic E-state index is 14.2. The Hall–Kier alpha value is -4.69. The molecule has 248 valence electrons. The maximum atomic E-state index is 14.2. The topological polar surface area (TPSA) is 212 Å². The van der Waals surface area contributed by atoms with Gasteiger partial charge in [0, 0.05) is 18.1 Å². The zero-order chi connectivity index (χ0) is 34.0. The van der Waals surface area contributed by atoms with Crippen molar-refractivity contribution in [3.63, 3.8) is 0 Å². The maximum Gasteiger partial charge on any atom is 0.357 e. The summed E-state index contributed by atoms with van der Waals surface area (Å²) in [5.74, 6) is -8.29. The Balaban J connectivity index is 1.44. The highest BCUT2D eigenvalue weighted by Gasteiger charge is 2.81. The van der Waals surface area contributed by atoms with Crippen LogP contribution in [0, 0.1) is 18.8 Å². The number of benzene rings is 2. The molecule has 5 aliphatic rings. The number of hydrogen-bond donors (Lipinski definition) is 4. The lowest BCUT2D eigenvalue weighted by Crippen LogP contribution is -2.76. The lowest BCUT2D eigenvalue weighted by molar-refractivity contribution is -0.193. The van der Waals surface area contributed by atoms with Gasteiger partial charge in [0.1, 0.15) is 46.3 Å². The van der Waals surface area contributed by atoms with E-state index in [1.54, 1.807) is 6.92 Å². The molecule has 4 N–H and O–H groups in total. The summed E-state index contributed by atoms with van der Waals surface area (Å²) in [5.41, 5.74) is -8.00. The highest BCUT2D eigenvalue weighted by atomic mass is 16.6. The van der Waals surface area contributed by atoms with E-state index < -0.39 is 93.5 Å². The van der Waals surface area contributed by atoms with Crippen molar-refractivity contribution in [1.82, 2.24) is 0 Å². The fourth-order valence-corrected chi connectivity index (χ4v) is 8.30. The van der Waals surface area contributed by atoms with Gasteiger partial charge in [0.15, 0.2) is 11.9 Å². The first-order chi connectivity index (χ1) is 22.2. The highest BCUT2D eigenvalue weighted by molar-refractivity contribution is 6.16. The van der Waals surface area contributed by atoms with Crippen LogP contribution in [0.15, 0.2) is 18.2 Å². The molecule has 1 saturated heterocycles. The van der Waals surface area contributed by atoms with E-state index in [1.807, 2.05) is 0 Å². The fourth-order valence-electron chi connectivity index (χ4n) is 8.30. The molecular weight excluding hydrogens is 620 g/mol. The molecule has 0 radical (unpaired) electrons. The number of Topliss-reactive ketones (excluding diaryl/α,β-unsaturated/α-hetero) is 2. The summed E-state index contributed by atoms with van der Waals surface area (Å²) < 4.78 is 28.3. The molecule has 3 heterocycles. The normalized spacial score (nSPS) is 34.9. The molecule has 0 unspecified atom stereocenters. The van der Waals surface area contributed by atoms with Gasteiger partial charge in [0.2, 0.25) is 11.4 Å². The average Bonchev–Trinajstić information content (AvgIpc) is 3.17. The van der Waals surface area contributed by atoms with Gasteiger partial charge in [-0.1, -0.05) is 6.92 Å². The van der Waals surface area contributed by atoms with Crippen LogP contribution in [-0.2, 0) is 28.6 Å². The van der Waals surface area contributed by atoms with E-state index in [9.17, 15) is 44.4 Å². The molecule has 2 aromatic rings. The SMILES string of the molecule is COC(=O)[C@@]12Oc3c(c(O)cc(C)c3-c3ccc4c(c3O)C(=O)[C@]3(O)[C@@H]5C[C@@H](C)[C@@H](O)[C@@]3(O4)C(=O)O5)C(=O)[C@@H]1CCC[C@@H]2OC(C)=O. The molecule has 2 aliphatic carbocycles. The summed E-state index contributed by atoms with van der Waals surface area (Å²) in [6, 6.07) is 3.81. The number of methoxy groups -OCH3 is 1. The Bertz CT molecular complexity index is 1810. The van der Waals surface area contributed by atoms with Crippen LogP contribution in [0.4, 0.5) is 0 Å². The molecule has 0 spiro atoms. The Morgan fingerprint density at radius 2 is 1.77 bits per heavy atom. The number of aryl methyl sites for hydroxylation is 1. The molecule has 0 amide bonds. The van der Waals surface area contributed by atoms with E-state index in [0.29, 0.717) is 6.42 Å². The number of ether oxygens (including phenoxy) is 5. The first kappa shape index (κ1) is 30.9. The van der Waals surface area contributed by atoms with Crippen molar-refractivity contribution in [2.45, 2.75) is 81.6 Å². The van der Waals surface area contributed by atoms with Crippen molar-refractivity contribution in [3.8, 4) is 34.1 Å². The minimum Gasteiger partial charge on any atom is -0.507 e. The van der Waals surface area contributed by atoms with Gasteiger partial charge in [-0.3, -0.25) is 14.4 Å². The highest BCUT2D eigenvalue weighted by Crippen LogP contribution is 2.59. The van der Waals surface area contributed by atoms with Crippen molar-refractivity contribution in [1.29, 1.82) is 0 Å². The van der Waals surface area contributed by atoms with Gasteiger partial charge < -0.3 is 44.1 Å². The number of carbonyl (C=O) groups is 5. The van der Waals surface area contributed by atoms with Crippen LogP contribution in [0.2, 0.25) is 0 Å². The van der Waals surface area contributed by atoms with Gasteiger partial charge in [-0.25, -0.2) is 9.59 Å². The third-order valence-corrected chi connectivity index (χ3v) is 10.4. The van der Waals surface area contributed by atoms with Crippen LogP contribution >= 0.6 is 0 Å². The van der Waals surface area contributed by atoms with Crippen LogP contribution in [-0.4, -0.2) is 92.1 Å². The first-order valence-corrected chi connectivity index (χ1v) is 15.2. The summed E-state index contributed by atoms with van der Waals surface area (Å²) in [6.45, 7) is 4.29. The van der Waals surface area contributed by atoms with E-state index in [2.05, 4.69) is 0 Å². The predicted molar refractivity (Wildman–Crippen MR) is 155 cm³/mol. The predicted octanol–water partition coefficient (Wildman–Crippen LogP) is 1.66. The minimum absolute atomic E-state index is 0.00648. The number of fused-ring (bicyclic) bond motifs is 3. The van der Waals surface area contributed by atoms with E-state index >= 15 is 0 Å². The Labute approximate surface area is 267 Å². The summed E-state index contributed by atoms with van der Waals surface area (Å²) in [4.78, 5) is 67.0. The number of aromatic hydroxyl groups is 2. The average molecular weight is 653 g/mol. The van der Waals surface area contributed by atoms with Crippen LogP contribution in [0.5, 0.6) is 23.0 Å². The van der Waals surface area contributed by atoms with Crippen molar-refractivity contribution in [2.75, 3.05) is 7.11 Å². The van der Waals surface area contributed by atoms with Crippen molar-refractivity contribution in [2.24, 2.45) is 11.8 Å². The van der Waals surface area contributed by atoms with Crippen LogP contribution in [0.3, 0.4) is 0 Å². The number of rotatable bonds is 3. The molecular formula is C33H32O14. The molecule has 7 rings (SSSR count). The van der Waals surface area contributed by atoms with Gasteiger partial charge in [0.25, 0.3) is 11.2 Å². The second kappa shape index (κ2) is 9.91. The number of carbonyl (C=O) groups excluding carboxylic acids is 5.